The Bertz CT molecular complexity index is 452. The molecule has 0 bridgehead atoms. The minimum atomic E-state index is -0.423. The van der Waals surface area contributed by atoms with Gasteiger partial charge in [-0.1, -0.05) is 36.4 Å². The van der Waals surface area contributed by atoms with Crippen LogP contribution in [0.5, 0.6) is 0 Å². The molecule has 1 aliphatic heterocycles. The molecule has 0 unspecified atom stereocenters. The summed E-state index contributed by atoms with van der Waals surface area (Å²) in [6, 6.07) is 9.54. The van der Waals surface area contributed by atoms with Crippen molar-refractivity contribution in [3.63, 3.8) is 0 Å². The maximum atomic E-state index is 11.7. The van der Waals surface area contributed by atoms with Crippen molar-refractivity contribution in [2.24, 2.45) is 5.73 Å². The first-order chi connectivity index (χ1) is 8.25. The lowest BCUT2D eigenvalue weighted by atomic mass is 10.2. The second-order valence-electron chi connectivity index (χ2n) is 3.74. The van der Waals surface area contributed by atoms with Crippen LogP contribution in [-0.2, 0) is 11.3 Å². The molecular weight excluding hydrogens is 216 g/mol. The van der Waals surface area contributed by atoms with E-state index < -0.39 is 6.09 Å². The van der Waals surface area contributed by atoms with Crippen molar-refractivity contribution in [2.45, 2.75) is 13.0 Å². The number of carbonyl (C=O) groups is 1. The number of nitrogens with zero attached hydrogens (tertiary/aromatic N) is 1. The number of benzene rings is 1. The van der Waals surface area contributed by atoms with Gasteiger partial charge >= 0.3 is 6.09 Å². The van der Waals surface area contributed by atoms with Crippen LogP contribution in [0.2, 0.25) is 0 Å². The number of nitrogens with two attached hydrogens (primary N) is 1. The SMILES string of the molecule is NC1=CN(C(=O)OCc2ccccc2)C=CC1. The molecular formula is C13H14N2O2. The van der Waals surface area contributed by atoms with Crippen LogP contribution in [0, 0.1) is 0 Å². The van der Waals surface area contributed by atoms with Crippen molar-refractivity contribution in [2.75, 3.05) is 0 Å². The highest BCUT2D eigenvalue weighted by Crippen LogP contribution is 2.10. The molecule has 0 fully saturated rings. The standard InChI is InChI=1S/C13H14N2O2/c14-12-7-4-8-15(9-12)13(16)17-10-11-5-2-1-3-6-11/h1-6,8-9H,7,10,14H2. The first kappa shape index (κ1) is 11.3. The van der Waals surface area contributed by atoms with Gasteiger partial charge in [-0.25, -0.2) is 4.79 Å². The molecule has 4 nitrogen and oxygen atoms in total. The number of hydrogen-bond acceptors (Lipinski definition) is 3. The predicted molar refractivity (Wildman–Crippen MR) is 64.5 cm³/mol. The van der Waals surface area contributed by atoms with Crippen LogP contribution in [0.15, 0.2) is 54.5 Å². The van der Waals surface area contributed by atoms with E-state index in [2.05, 4.69) is 0 Å². The average molecular weight is 230 g/mol. The number of hydrogen-bond donors (Lipinski definition) is 1. The summed E-state index contributed by atoms with van der Waals surface area (Å²) in [5.41, 5.74) is 7.23. The molecule has 0 spiro atoms. The molecule has 2 N–H and O–H groups in total. The highest BCUT2D eigenvalue weighted by atomic mass is 16.6. The monoisotopic (exact) mass is 230 g/mol. The second kappa shape index (κ2) is 5.21. The third-order valence-corrected chi connectivity index (χ3v) is 2.34. The third kappa shape index (κ3) is 3.11. The molecule has 0 atom stereocenters. The second-order valence-corrected chi connectivity index (χ2v) is 3.74. The van der Waals surface area contributed by atoms with Crippen LogP contribution in [-0.4, -0.2) is 11.0 Å². The zero-order chi connectivity index (χ0) is 12.1. The third-order valence-electron chi connectivity index (χ3n) is 2.34. The zero-order valence-corrected chi connectivity index (χ0v) is 9.37. The Labute approximate surface area is 100.0 Å². The quantitative estimate of drug-likeness (QED) is 0.848. The first-order valence-corrected chi connectivity index (χ1v) is 5.37. The van der Waals surface area contributed by atoms with E-state index in [1.54, 1.807) is 12.4 Å². The van der Waals surface area contributed by atoms with Crippen LogP contribution >= 0.6 is 0 Å². The van der Waals surface area contributed by atoms with Crippen LogP contribution in [0.1, 0.15) is 12.0 Å². The Morgan fingerprint density at radius 2 is 2.12 bits per heavy atom. The molecule has 1 aromatic carbocycles. The lowest BCUT2D eigenvalue weighted by Gasteiger charge is -2.17. The number of allylic oxidation sites excluding steroid dienone is 1. The fourth-order valence-corrected chi connectivity index (χ4v) is 1.48. The van der Waals surface area contributed by atoms with E-state index in [9.17, 15) is 4.79 Å². The molecule has 4 heteroatoms. The number of amides is 1. The summed E-state index contributed by atoms with van der Waals surface area (Å²) in [5, 5.41) is 0. The molecule has 0 aliphatic carbocycles. The van der Waals surface area contributed by atoms with Gasteiger partial charge in [-0.3, -0.25) is 4.90 Å². The lowest BCUT2D eigenvalue weighted by molar-refractivity contribution is 0.120. The maximum Gasteiger partial charge on any atom is 0.418 e. The fourth-order valence-electron chi connectivity index (χ4n) is 1.48. The summed E-state index contributed by atoms with van der Waals surface area (Å²) in [4.78, 5) is 13.0. The highest BCUT2D eigenvalue weighted by molar-refractivity contribution is 5.70. The Morgan fingerprint density at radius 1 is 1.35 bits per heavy atom. The Kier molecular flexibility index (Phi) is 3.45. The molecule has 0 radical (unpaired) electrons. The summed E-state index contributed by atoms with van der Waals surface area (Å²) < 4.78 is 5.15. The van der Waals surface area contributed by atoms with Gasteiger partial charge in [0.05, 0.1) is 0 Å². The number of rotatable bonds is 2. The Hall–Kier alpha value is -2.23. The van der Waals surface area contributed by atoms with Crippen molar-refractivity contribution in [1.29, 1.82) is 0 Å². The summed E-state index contributed by atoms with van der Waals surface area (Å²) >= 11 is 0. The number of ether oxygens (including phenoxy) is 1. The van der Waals surface area contributed by atoms with Gasteiger partial charge in [0.2, 0.25) is 0 Å². The molecule has 1 aromatic rings. The van der Waals surface area contributed by atoms with E-state index in [1.165, 1.54) is 4.90 Å². The number of carbonyl (C=O) groups excluding carboxylic acids is 1. The van der Waals surface area contributed by atoms with E-state index in [0.29, 0.717) is 12.1 Å². The molecule has 0 saturated heterocycles. The van der Waals surface area contributed by atoms with E-state index >= 15 is 0 Å². The molecule has 1 aliphatic rings. The van der Waals surface area contributed by atoms with Gasteiger partial charge in [-0.15, -0.1) is 0 Å². The maximum absolute atomic E-state index is 11.7. The van der Waals surface area contributed by atoms with Gasteiger partial charge in [-0.2, -0.15) is 0 Å². The van der Waals surface area contributed by atoms with E-state index in [1.807, 2.05) is 36.4 Å². The topological polar surface area (TPSA) is 55.6 Å². The minimum absolute atomic E-state index is 0.262. The summed E-state index contributed by atoms with van der Waals surface area (Å²) in [5.74, 6) is 0. The van der Waals surface area contributed by atoms with E-state index in [0.717, 1.165) is 5.56 Å². The molecule has 0 aromatic heterocycles. The first-order valence-electron chi connectivity index (χ1n) is 5.37. The fraction of sp³-hybridized carbons (Fsp3) is 0.154. The van der Waals surface area contributed by atoms with E-state index in [4.69, 9.17) is 10.5 Å². The molecule has 1 amide bonds. The summed E-state index contributed by atoms with van der Waals surface area (Å²) in [6.45, 7) is 0.262. The normalized spacial score (nSPS) is 14.4. The highest BCUT2D eigenvalue weighted by Gasteiger charge is 2.12. The minimum Gasteiger partial charge on any atom is -0.444 e. The molecule has 88 valence electrons. The molecule has 2 rings (SSSR count). The van der Waals surface area contributed by atoms with Gasteiger partial charge in [0.15, 0.2) is 0 Å². The van der Waals surface area contributed by atoms with Gasteiger partial charge in [0, 0.05) is 24.5 Å². The van der Waals surface area contributed by atoms with Crippen molar-refractivity contribution in [3.05, 3.63) is 60.1 Å². The summed E-state index contributed by atoms with van der Waals surface area (Å²) in [7, 11) is 0. The van der Waals surface area contributed by atoms with Crippen LogP contribution in [0.3, 0.4) is 0 Å². The van der Waals surface area contributed by atoms with Gasteiger partial charge in [0.25, 0.3) is 0 Å². The van der Waals surface area contributed by atoms with Gasteiger partial charge in [-0.05, 0) is 5.56 Å². The van der Waals surface area contributed by atoms with Crippen molar-refractivity contribution >= 4 is 6.09 Å². The average Bonchev–Trinajstić information content (AvgIpc) is 2.37. The smallest absolute Gasteiger partial charge is 0.418 e. The molecule has 1 heterocycles. The van der Waals surface area contributed by atoms with Crippen LogP contribution < -0.4 is 5.73 Å². The predicted octanol–water partition coefficient (Wildman–Crippen LogP) is 2.34. The van der Waals surface area contributed by atoms with Gasteiger partial charge in [0.1, 0.15) is 6.61 Å². The van der Waals surface area contributed by atoms with E-state index in [-0.39, 0.29) is 6.61 Å². The van der Waals surface area contributed by atoms with Crippen LogP contribution in [0.4, 0.5) is 4.79 Å². The largest absolute Gasteiger partial charge is 0.444 e. The van der Waals surface area contributed by atoms with Crippen LogP contribution in [0.25, 0.3) is 0 Å². The van der Waals surface area contributed by atoms with Crippen molar-refractivity contribution in [3.8, 4) is 0 Å². The van der Waals surface area contributed by atoms with Crippen molar-refractivity contribution in [1.82, 2.24) is 4.90 Å². The Morgan fingerprint density at radius 3 is 2.82 bits per heavy atom. The summed E-state index contributed by atoms with van der Waals surface area (Å²) in [6.07, 6.45) is 5.30. The van der Waals surface area contributed by atoms with Gasteiger partial charge < -0.3 is 10.5 Å². The molecule has 17 heavy (non-hydrogen) atoms. The van der Waals surface area contributed by atoms with Crippen molar-refractivity contribution < 1.29 is 9.53 Å². The lowest BCUT2D eigenvalue weighted by Crippen LogP contribution is -2.24. The Balaban J connectivity index is 1.90. The zero-order valence-electron chi connectivity index (χ0n) is 9.37. The molecule has 0 saturated carbocycles.